The van der Waals surface area contributed by atoms with Gasteiger partial charge in [-0.15, -0.1) is 11.3 Å². The molecule has 19 heavy (non-hydrogen) atoms. The van der Waals surface area contributed by atoms with E-state index in [9.17, 15) is 4.79 Å². The molecule has 2 aromatic rings. The highest BCUT2D eigenvalue weighted by molar-refractivity contribution is 7.20. The molecule has 0 unspecified atom stereocenters. The first-order valence-corrected chi connectivity index (χ1v) is 6.78. The number of halogens is 2. The molecule has 0 aliphatic carbocycles. The number of carbonyl (C=O) groups is 1. The van der Waals surface area contributed by atoms with Crippen LogP contribution in [0.15, 0.2) is 24.3 Å². The third-order valence-electron chi connectivity index (χ3n) is 2.39. The van der Waals surface area contributed by atoms with E-state index in [4.69, 9.17) is 33.7 Å². The van der Waals surface area contributed by atoms with Gasteiger partial charge < -0.3 is 15.8 Å². The maximum absolute atomic E-state index is 12.0. The monoisotopic (exact) mass is 316 g/mol. The van der Waals surface area contributed by atoms with Gasteiger partial charge in [0.25, 0.3) is 5.91 Å². The van der Waals surface area contributed by atoms with Crippen LogP contribution in [0.25, 0.3) is 0 Å². The zero-order chi connectivity index (χ0) is 14.0. The largest absolute Gasteiger partial charge is 0.495 e. The van der Waals surface area contributed by atoms with Gasteiger partial charge in [0.15, 0.2) is 0 Å². The van der Waals surface area contributed by atoms with Crippen LogP contribution in [0.5, 0.6) is 5.75 Å². The van der Waals surface area contributed by atoms with Crippen molar-refractivity contribution < 1.29 is 9.53 Å². The highest BCUT2D eigenvalue weighted by Crippen LogP contribution is 2.32. The average Bonchev–Trinajstić information content (AvgIpc) is 2.71. The summed E-state index contributed by atoms with van der Waals surface area (Å²) in [5.41, 5.74) is 7.10. The van der Waals surface area contributed by atoms with E-state index < -0.39 is 0 Å². The summed E-state index contributed by atoms with van der Waals surface area (Å²) in [6.07, 6.45) is 0. The molecule has 0 radical (unpaired) electrons. The fourth-order valence-corrected chi connectivity index (χ4v) is 2.94. The van der Waals surface area contributed by atoms with Gasteiger partial charge >= 0.3 is 0 Å². The lowest BCUT2D eigenvalue weighted by Crippen LogP contribution is -2.11. The molecule has 0 atom stereocenters. The topological polar surface area (TPSA) is 64.3 Å². The number of carbonyl (C=O) groups excluding carboxylic acids is 1. The smallest absolute Gasteiger partial charge is 0.258 e. The van der Waals surface area contributed by atoms with Crippen molar-refractivity contribution in [1.29, 1.82) is 0 Å². The highest BCUT2D eigenvalue weighted by atomic mass is 35.5. The van der Waals surface area contributed by atoms with Gasteiger partial charge in [0, 0.05) is 11.8 Å². The van der Waals surface area contributed by atoms with Crippen LogP contribution in [0, 0.1) is 0 Å². The van der Waals surface area contributed by atoms with Crippen LogP contribution in [-0.2, 0) is 0 Å². The van der Waals surface area contributed by atoms with Crippen molar-refractivity contribution >= 4 is 51.8 Å². The Morgan fingerprint density at radius 3 is 2.68 bits per heavy atom. The summed E-state index contributed by atoms with van der Waals surface area (Å²) in [5.74, 6) is 0.159. The number of thiophene rings is 1. The molecule has 4 nitrogen and oxygen atoms in total. The Hall–Kier alpha value is -1.43. The number of nitrogens with two attached hydrogens (primary N) is 1. The maximum atomic E-state index is 12.0. The fourth-order valence-electron chi connectivity index (χ4n) is 1.48. The molecule has 0 saturated heterocycles. The number of ether oxygens (including phenoxy) is 1. The van der Waals surface area contributed by atoms with Crippen molar-refractivity contribution in [2.75, 3.05) is 18.2 Å². The molecule has 1 aromatic carbocycles. The van der Waals surface area contributed by atoms with Crippen molar-refractivity contribution in [3.8, 4) is 5.75 Å². The molecule has 3 N–H and O–H groups in total. The summed E-state index contributed by atoms with van der Waals surface area (Å²) in [4.78, 5) is 12.0. The predicted octanol–water partition coefficient (Wildman–Crippen LogP) is 3.90. The maximum Gasteiger partial charge on any atom is 0.258 e. The minimum absolute atomic E-state index is 0.333. The van der Waals surface area contributed by atoms with Gasteiger partial charge in [-0.1, -0.05) is 23.2 Å². The number of benzene rings is 1. The van der Waals surface area contributed by atoms with E-state index in [0.717, 1.165) is 11.3 Å². The molecule has 0 saturated carbocycles. The first kappa shape index (κ1) is 14.0. The Morgan fingerprint density at radius 2 is 2.11 bits per heavy atom. The minimum atomic E-state index is -0.333. The van der Waals surface area contributed by atoms with Gasteiger partial charge in [0.1, 0.15) is 10.1 Å². The summed E-state index contributed by atoms with van der Waals surface area (Å²) in [5, 5.41) is 2.70. The number of amides is 1. The molecule has 7 heteroatoms. The summed E-state index contributed by atoms with van der Waals surface area (Å²) in [7, 11) is 1.51. The zero-order valence-electron chi connectivity index (χ0n) is 9.87. The predicted molar refractivity (Wildman–Crippen MR) is 79.7 cm³/mol. The Balaban J connectivity index is 2.21. The number of methoxy groups -OCH3 is 1. The molecule has 0 fully saturated rings. The molecular formula is C12H10Cl2N2O2S. The van der Waals surface area contributed by atoms with Crippen LogP contribution in [0.1, 0.15) is 10.4 Å². The van der Waals surface area contributed by atoms with E-state index in [-0.39, 0.29) is 5.91 Å². The van der Waals surface area contributed by atoms with Crippen LogP contribution in [0.3, 0.4) is 0 Å². The summed E-state index contributed by atoms with van der Waals surface area (Å²) >= 11 is 12.9. The number of hydrogen-bond donors (Lipinski definition) is 2. The normalized spacial score (nSPS) is 10.3. The second-order valence-electron chi connectivity index (χ2n) is 3.65. The molecule has 1 heterocycles. The first-order chi connectivity index (χ1) is 9.01. The molecular weight excluding hydrogens is 307 g/mol. The first-order valence-electron chi connectivity index (χ1n) is 5.21. The van der Waals surface area contributed by atoms with E-state index in [2.05, 4.69) is 5.32 Å². The number of anilines is 2. The Bertz CT molecular complexity index is 628. The molecule has 0 spiro atoms. The zero-order valence-corrected chi connectivity index (χ0v) is 12.2. The Morgan fingerprint density at radius 1 is 1.37 bits per heavy atom. The average molecular weight is 317 g/mol. The Kier molecular flexibility index (Phi) is 4.19. The number of hydrogen-bond acceptors (Lipinski definition) is 4. The van der Waals surface area contributed by atoms with E-state index in [0.29, 0.717) is 31.4 Å². The van der Waals surface area contributed by atoms with Crippen molar-refractivity contribution in [3.63, 3.8) is 0 Å². The van der Waals surface area contributed by atoms with E-state index in [1.54, 1.807) is 18.2 Å². The van der Waals surface area contributed by atoms with E-state index >= 15 is 0 Å². The van der Waals surface area contributed by atoms with Crippen LogP contribution >= 0.6 is 34.5 Å². The highest BCUT2D eigenvalue weighted by Gasteiger charge is 2.14. The van der Waals surface area contributed by atoms with Gasteiger partial charge in [0.05, 0.1) is 22.7 Å². The van der Waals surface area contributed by atoms with Crippen LogP contribution < -0.4 is 15.8 Å². The van der Waals surface area contributed by atoms with Crippen LogP contribution in [0.2, 0.25) is 8.67 Å². The van der Waals surface area contributed by atoms with Crippen LogP contribution in [-0.4, -0.2) is 13.0 Å². The van der Waals surface area contributed by atoms with Crippen molar-refractivity contribution in [1.82, 2.24) is 0 Å². The summed E-state index contributed by atoms with van der Waals surface area (Å²) in [6.45, 7) is 0. The number of nitrogens with one attached hydrogen (secondary N) is 1. The summed E-state index contributed by atoms with van der Waals surface area (Å²) in [6, 6.07) is 6.49. The second-order valence-corrected chi connectivity index (χ2v) is 5.93. The van der Waals surface area contributed by atoms with Gasteiger partial charge in [0.2, 0.25) is 0 Å². The fraction of sp³-hybridized carbons (Fsp3) is 0.0833. The van der Waals surface area contributed by atoms with Crippen LogP contribution in [0.4, 0.5) is 11.4 Å². The van der Waals surface area contributed by atoms with Gasteiger partial charge in [-0.2, -0.15) is 0 Å². The third-order valence-corrected chi connectivity index (χ3v) is 3.88. The van der Waals surface area contributed by atoms with Gasteiger partial charge in [-0.25, -0.2) is 0 Å². The lowest BCUT2D eigenvalue weighted by atomic mass is 10.2. The van der Waals surface area contributed by atoms with E-state index in [1.807, 2.05) is 0 Å². The van der Waals surface area contributed by atoms with Gasteiger partial charge in [-0.3, -0.25) is 4.79 Å². The van der Waals surface area contributed by atoms with Gasteiger partial charge in [-0.05, 0) is 18.2 Å². The quantitative estimate of drug-likeness (QED) is 0.844. The molecule has 0 aliphatic heterocycles. The molecule has 100 valence electrons. The SMILES string of the molecule is COc1cc(NC(=O)c2cc(Cl)sc2Cl)ccc1N. The third kappa shape index (κ3) is 3.12. The lowest BCUT2D eigenvalue weighted by Gasteiger charge is -2.08. The number of nitrogen functional groups attached to an aromatic ring is 1. The van der Waals surface area contributed by atoms with E-state index in [1.165, 1.54) is 13.2 Å². The molecule has 0 bridgehead atoms. The molecule has 0 aliphatic rings. The summed E-state index contributed by atoms with van der Waals surface area (Å²) < 4.78 is 5.89. The van der Waals surface area contributed by atoms with Crippen molar-refractivity contribution in [3.05, 3.63) is 38.5 Å². The standard InChI is InChI=1S/C12H10Cl2N2O2S/c1-18-9-4-6(2-3-8(9)15)16-12(17)7-5-10(13)19-11(7)14/h2-5H,15H2,1H3,(H,16,17). The molecule has 2 rings (SSSR count). The van der Waals surface area contributed by atoms with Crippen molar-refractivity contribution in [2.24, 2.45) is 0 Å². The number of rotatable bonds is 3. The molecule has 1 amide bonds. The second kappa shape index (κ2) is 5.69. The minimum Gasteiger partial charge on any atom is -0.495 e. The van der Waals surface area contributed by atoms with Crippen molar-refractivity contribution in [2.45, 2.75) is 0 Å². The lowest BCUT2D eigenvalue weighted by molar-refractivity contribution is 0.102. The Labute approximate surface area is 124 Å². The molecule has 1 aromatic heterocycles.